The average Bonchev–Trinajstić information content (AvgIpc) is 2.36. The summed E-state index contributed by atoms with van der Waals surface area (Å²) < 4.78 is 7.86. The largest absolute Gasteiger partial charge is 0.413 e. The Morgan fingerprint density at radius 2 is 2.05 bits per heavy atom. The second-order valence-electron chi connectivity index (χ2n) is 7.87. The molecule has 0 spiro atoms. The lowest BCUT2D eigenvalue weighted by Gasteiger charge is -2.42. The van der Waals surface area contributed by atoms with Crippen molar-refractivity contribution in [1.29, 1.82) is 0 Å². The molecule has 0 aliphatic heterocycles. The Balaban J connectivity index is 2.91. The van der Waals surface area contributed by atoms with Crippen molar-refractivity contribution in [3.8, 4) is 0 Å². The summed E-state index contributed by atoms with van der Waals surface area (Å²) in [6, 6.07) is 0. The van der Waals surface area contributed by atoms with Crippen molar-refractivity contribution < 1.29 is 9.22 Å². The maximum absolute atomic E-state index is 11.3. The van der Waals surface area contributed by atoms with Crippen molar-refractivity contribution in [2.75, 3.05) is 0 Å². The summed E-state index contributed by atoms with van der Waals surface area (Å²) in [6.07, 6.45) is 10.9. The monoisotopic (exact) mass is 434 g/mol. The number of halogens is 1. The van der Waals surface area contributed by atoms with Crippen LogP contribution < -0.4 is 0 Å². The third-order valence-electron chi connectivity index (χ3n) is 4.84. The van der Waals surface area contributed by atoms with Crippen LogP contribution in [0.1, 0.15) is 53.4 Å². The molecule has 0 heterocycles. The standard InChI is InChI=1S/C18H31IO2Si/c1-14(20)12-16(19)13-17(15-10-8-7-9-11-15)21-22(5,6)18(2,3)4/h7-8,12,15,17H,9-11,13H2,1-6H3/b16-12+. The summed E-state index contributed by atoms with van der Waals surface area (Å²) in [5.74, 6) is 0.697. The van der Waals surface area contributed by atoms with E-state index in [-0.39, 0.29) is 16.9 Å². The molecule has 0 aromatic rings. The number of carbonyl (C=O) groups is 1. The fraction of sp³-hybridized carbons (Fsp3) is 0.722. The Kier molecular flexibility index (Phi) is 7.53. The van der Waals surface area contributed by atoms with Gasteiger partial charge in [-0.05, 0) is 82.5 Å². The molecule has 126 valence electrons. The van der Waals surface area contributed by atoms with E-state index in [1.807, 2.05) is 0 Å². The highest BCUT2D eigenvalue weighted by Gasteiger charge is 2.40. The highest BCUT2D eigenvalue weighted by atomic mass is 127. The molecule has 0 aromatic carbocycles. The summed E-state index contributed by atoms with van der Waals surface area (Å²) in [5.41, 5.74) is 0. The molecular weight excluding hydrogens is 403 g/mol. The van der Waals surface area contributed by atoms with Gasteiger partial charge >= 0.3 is 0 Å². The lowest BCUT2D eigenvalue weighted by atomic mass is 9.88. The van der Waals surface area contributed by atoms with Gasteiger partial charge in [0.15, 0.2) is 14.1 Å². The molecule has 0 fully saturated rings. The SMILES string of the molecule is CC(=O)/C=C(/I)CC(O[Si](C)(C)C(C)(C)C)C1CC=CCC1. The quantitative estimate of drug-likeness (QED) is 0.221. The zero-order chi connectivity index (χ0) is 17.0. The lowest BCUT2D eigenvalue weighted by molar-refractivity contribution is -0.112. The van der Waals surface area contributed by atoms with E-state index in [0.29, 0.717) is 5.92 Å². The van der Waals surface area contributed by atoms with Crippen LogP contribution in [0.25, 0.3) is 0 Å². The first-order valence-corrected chi connectivity index (χ1v) is 12.2. The van der Waals surface area contributed by atoms with Gasteiger partial charge in [0.05, 0.1) is 6.10 Å². The minimum Gasteiger partial charge on any atom is -0.413 e. The van der Waals surface area contributed by atoms with Gasteiger partial charge in [-0.2, -0.15) is 0 Å². The smallest absolute Gasteiger partial charge is 0.192 e. The minimum atomic E-state index is -1.80. The van der Waals surface area contributed by atoms with Crippen molar-refractivity contribution in [3.63, 3.8) is 0 Å². The van der Waals surface area contributed by atoms with Gasteiger partial charge in [0.25, 0.3) is 0 Å². The van der Waals surface area contributed by atoms with Crippen molar-refractivity contribution in [2.24, 2.45) is 5.92 Å². The lowest BCUT2D eigenvalue weighted by Crippen LogP contribution is -2.46. The number of ketones is 1. The van der Waals surface area contributed by atoms with Gasteiger partial charge in [-0.25, -0.2) is 0 Å². The van der Waals surface area contributed by atoms with E-state index >= 15 is 0 Å². The molecule has 4 heteroatoms. The van der Waals surface area contributed by atoms with Gasteiger partial charge in [-0.1, -0.05) is 32.9 Å². The Morgan fingerprint density at radius 3 is 2.50 bits per heavy atom. The summed E-state index contributed by atoms with van der Waals surface area (Å²) in [5, 5.41) is 0.214. The molecule has 0 saturated carbocycles. The molecule has 0 aromatic heterocycles. The highest BCUT2D eigenvalue weighted by Crippen LogP contribution is 2.40. The van der Waals surface area contributed by atoms with E-state index in [9.17, 15) is 4.79 Å². The van der Waals surface area contributed by atoms with Gasteiger partial charge in [0.2, 0.25) is 0 Å². The summed E-state index contributed by atoms with van der Waals surface area (Å²) in [6.45, 7) is 13.1. The normalized spacial score (nSPS) is 21.8. The van der Waals surface area contributed by atoms with Crippen molar-refractivity contribution in [3.05, 3.63) is 21.8 Å². The summed E-state index contributed by atoms with van der Waals surface area (Å²) >= 11 is 2.30. The zero-order valence-corrected chi connectivity index (χ0v) is 18.1. The van der Waals surface area contributed by atoms with Gasteiger partial charge in [0.1, 0.15) is 0 Å². The van der Waals surface area contributed by atoms with Crippen LogP contribution in [0.5, 0.6) is 0 Å². The van der Waals surface area contributed by atoms with E-state index in [1.54, 1.807) is 13.0 Å². The van der Waals surface area contributed by atoms with Crippen molar-refractivity contribution >= 4 is 36.7 Å². The molecule has 2 unspecified atom stereocenters. The van der Waals surface area contributed by atoms with Crippen LogP contribution >= 0.6 is 22.6 Å². The van der Waals surface area contributed by atoms with E-state index < -0.39 is 8.32 Å². The van der Waals surface area contributed by atoms with Crippen LogP contribution in [0, 0.1) is 5.92 Å². The van der Waals surface area contributed by atoms with Crippen LogP contribution in [0.2, 0.25) is 18.1 Å². The summed E-state index contributed by atoms with van der Waals surface area (Å²) in [7, 11) is -1.80. The minimum absolute atomic E-state index is 0.124. The number of hydrogen-bond donors (Lipinski definition) is 0. The molecule has 2 atom stereocenters. The molecule has 0 bridgehead atoms. The van der Waals surface area contributed by atoms with Gasteiger partial charge in [-0.3, -0.25) is 4.79 Å². The van der Waals surface area contributed by atoms with Crippen LogP contribution in [0.15, 0.2) is 21.8 Å². The third kappa shape index (κ3) is 6.28. The van der Waals surface area contributed by atoms with E-state index in [1.165, 1.54) is 6.42 Å². The first-order valence-electron chi connectivity index (χ1n) is 8.22. The molecule has 0 N–H and O–H groups in total. The predicted octanol–water partition coefficient (Wildman–Crippen LogP) is 6.03. The van der Waals surface area contributed by atoms with Crippen LogP contribution in [0.3, 0.4) is 0 Å². The first kappa shape index (κ1) is 20.1. The molecule has 0 radical (unpaired) electrons. The molecule has 22 heavy (non-hydrogen) atoms. The molecule has 2 nitrogen and oxygen atoms in total. The number of carbonyl (C=O) groups excluding carboxylic acids is 1. The molecule has 1 aliphatic rings. The molecule has 0 amide bonds. The van der Waals surface area contributed by atoms with Crippen LogP contribution in [-0.4, -0.2) is 20.2 Å². The fourth-order valence-electron chi connectivity index (χ4n) is 2.49. The Bertz CT molecular complexity index is 446. The van der Waals surface area contributed by atoms with E-state index in [4.69, 9.17) is 4.43 Å². The fourth-order valence-corrected chi connectivity index (χ4v) is 4.74. The summed E-state index contributed by atoms with van der Waals surface area (Å²) in [4.78, 5) is 11.3. The first-order chi connectivity index (χ1) is 10.0. The predicted molar refractivity (Wildman–Crippen MR) is 106 cm³/mol. The molecule has 1 aliphatic carbocycles. The van der Waals surface area contributed by atoms with Gasteiger partial charge in [-0.15, -0.1) is 0 Å². The maximum atomic E-state index is 11.3. The maximum Gasteiger partial charge on any atom is 0.192 e. The highest BCUT2D eigenvalue weighted by molar-refractivity contribution is 14.1. The Hall–Kier alpha value is 0.0569. The van der Waals surface area contributed by atoms with Crippen LogP contribution in [0.4, 0.5) is 0 Å². The van der Waals surface area contributed by atoms with E-state index in [2.05, 4.69) is 68.6 Å². The number of hydrogen-bond acceptors (Lipinski definition) is 2. The van der Waals surface area contributed by atoms with Crippen molar-refractivity contribution in [1.82, 2.24) is 0 Å². The Labute approximate surface area is 151 Å². The molecule has 0 saturated heterocycles. The molecule has 1 rings (SSSR count). The third-order valence-corrected chi connectivity index (χ3v) is 10.1. The topological polar surface area (TPSA) is 26.3 Å². The van der Waals surface area contributed by atoms with Crippen molar-refractivity contribution in [2.45, 2.75) is 77.6 Å². The second kappa shape index (κ2) is 8.24. The Morgan fingerprint density at radius 1 is 1.41 bits per heavy atom. The average molecular weight is 434 g/mol. The van der Waals surface area contributed by atoms with E-state index in [0.717, 1.165) is 22.8 Å². The molecular formula is C18H31IO2Si. The van der Waals surface area contributed by atoms with Gasteiger partial charge < -0.3 is 4.43 Å². The number of allylic oxidation sites excluding steroid dienone is 3. The van der Waals surface area contributed by atoms with Crippen LogP contribution in [-0.2, 0) is 9.22 Å². The number of rotatable bonds is 6. The second-order valence-corrected chi connectivity index (χ2v) is 14.0. The van der Waals surface area contributed by atoms with Gasteiger partial charge in [0, 0.05) is 6.42 Å². The zero-order valence-electron chi connectivity index (χ0n) is 14.9.